The maximum atomic E-state index is 13.5. The number of nitrogens with two attached hydrogens (primary N) is 1. The van der Waals surface area contributed by atoms with Gasteiger partial charge in [-0.15, -0.1) is 0 Å². The standard InChI is InChI=1S/C26H33N5O/c1-17(2)10-11-29-24-12-18(3)20(14-27)13-22(24)28-25(29)16-31-23-7-5-4-6-19(23)15-30(26(31)32)21-8-9-21/h4-7,12-13,17,21H,8-11,14-16,27H2,1-3H3. The lowest BCUT2D eigenvalue weighted by Gasteiger charge is -2.37. The minimum Gasteiger partial charge on any atom is -0.326 e. The second-order valence-corrected chi connectivity index (χ2v) is 9.69. The predicted octanol–water partition coefficient (Wildman–Crippen LogP) is 4.95. The number of fused-ring (bicyclic) bond motifs is 2. The van der Waals surface area contributed by atoms with Crippen LogP contribution in [0.4, 0.5) is 10.5 Å². The summed E-state index contributed by atoms with van der Waals surface area (Å²) in [6, 6.07) is 13.1. The molecule has 5 rings (SSSR count). The number of imidazole rings is 1. The number of carbonyl (C=O) groups is 1. The van der Waals surface area contributed by atoms with Crippen molar-refractivity contribution in [3.8, 4) is 0 Å². The lowest BCUT2D eigenvalue weighted by atomic mass is 10.1. The molecule has 3 aromatic rings. The van der Waals surface area contributed by atoms with Crippen molar-refractivity contribution >= 4 is 22.8 Å². The molecular formula is C26H33N5O. The molecule has 168 valence electrons. The summed E-state index contributed by atoms with van der Waals surface area (Å²) in [5.41, 5.74) is 12.6. The number of rotatable bonds is 7. The van der Waals surface area contributed by atoms with Crippen LogP contribution in [-0.4, -0.2) is 26.5 Å². The molecule has 0 saturated heterocycles. The zero-order valence-electron chi connectivity index (χ0n) is 19.3. The first kappa shape index (κ1) is 21.0. The molecule has 2 N–H and O–H groups in total. The highest BCUT2D eigenvalue weighted by Crippen LogP contribution is 2.37. The van der Waals surface area contributed by atoms with E-state index in [-0.39, 0.29) is 6.03 Å². The largest absolute Gasteiger partial charge is 0.326 e. The summed E-state index contributed by atoms with van der Waals surface area (Å²) in [6.07, 6.45) is 3.28. The van der Waals surface area contributed by atoms with Gasteiger partial charge in [0.2, 0.25) is 0 Å². The van der Waals surface area contributed by atoms with Gasteiger partial charge >= 0.3 is 6.03 Å². The first-order chi connectivity index (χ1) is 15.5. The number of benzene rings is 2. The molecule has 1 aliphatic carbocycles. The van der Waals surface area contributed by atoms with Crippen LogP contribution >= 0.6 is 0 Å². The van der Waals surface area contributed by atoms with Crippen molar-refractivity contribution in [3.63, 3.8) is 0 Å². The van der Waals surface area contributed by atoms with Gasteiger partial charge in [0.15, 0.2) is 0 Å². The molecule has 2 amide bonds. The van der Waals surface area contributed by atoms with Crippen molar-refractivity contribution in [3.05, 3.63) is 58.9 Å². The number of aryl methyl sites for hydroxylation is 2. The number of urea groups is 1. The summed E-state index contributed by atoms with van der Waals surface area (Å²) < 4.78 is 2.31. The molecule has 1 saturated carbocycles. The third-order valence-electron chi connectivity index (χ3n) is 6.82. The number of nitrogens with zero attached hydrogens (tertiary/aromatic N) is 4. The van der Waals surface area contributed by atoms with Crippen molar-refractivity contribution in [1.82, 2.24) is 14.5 Å². The number of para-hydroxylation sites is 1. The summed E-state index contributed by atoms with van der Waals surface area (Å²) in [5, 5.41) is 0. The molecule has 2 aliphatic rings. The topological polar surface area (TPSA) is 67.4 Å². The molecular weight excluding hydrogens is 398 g/mol. The Morgan fingerprint density at radius 3 is 2.69 bits per heavy atom. The zero-order chi connectivity index (χ0) is 22.4. The lowest BCUT2D eigenvalue weighted by Crippen LogP contribution is -2.48. The van der Waals surface area contributed by atoms with E-state index < -0.39 is 0 Å². The maximum Gasteiger partial charge on any atom is 0.325 e. The highest BCUT2D eigenvalue weighted by Gasteiger charge is 2.39. The minimum absolute atomic E-state index is 0.104. The van der Waals surface area contributed by atoms with Crippen LogP contribution < -0.4 is 10.6 Å². The molecule has 0 radical (unpaired) electrons. The molecule has 0 atom stereocenters. The fourth-order valence-electron chi connectivity index (χ4n) is 4.73. The Morgan fingerprint density at radius 1 is 1.19 bits per heavy atom. The Morgan fingerprint density at radius 2 is 1.97 bits per heavy atom. The summed E-state index contributed by atoms with van der Waals surface area (Å²) in [5.74, 6) is 1.53. The normalized spacial score (nSPS) is 16.3. The van der Waals surface area contributed by atoms with Crippen LogP contribution in [0.5, 0.6) is 0 Å². The summed E-state index contributed by atoms with van der Waals surface area (Å²) >= 11 is 0. The van der Waals surface area contributed by atoms with Gasteiger partial charge in [0.25, 0.3) is 0 Å². The monoisotopic (exact) mass is 431 g/mol. The van der Waals surface area contributed by atoms with E-state index in [1.807, 2.05) is 15.9 Å². The van der Waals surface area contributed by atoms with Gasteiger partial charge in [0.1, 0.15) is 5.82 Å². The Bertz CT molecular complexity index is 1160. The third kappa shape index (κ3) is 3.77. The lowest BCUT2D eigenvalue weighted by molar-refractivity contribution is 0.194. The fraction of sp³-hybridized carbons (Fsp3) is 0.462. The molecule has 1 fully saturated rings. The molecule has 1 aromatic heterocycles. The van der Waals surface area contributed by atoms with Gasteiger partial charge in [-0.05, 0) is 67.0 Å². The summed E-state index contributed by atoms with van der Waals surface area (Å²) in [7, 11) is 0. The second kappa shape index (κ2) is 8.24. The van der Waals surface area contributed by atoms with Crippen molar-refractivity contribution in [2.75, 3.05) is 4.90 Å². The quantitative estimate of drug-likeness (QED) is 0.575. The first-order valence-electron chi connectivity index (χ1n) is 11.8. The highest BCUT2D eigenvalue weighted by atomic mass is 16.2. The number of hydrogen-bond donors (Lipinski definition) is 1. The van der Waals surface area contributed by atoms with Crippen molar-refractivity contribution < 1.29 is 4.79 Å². The number of hydrogen-bond acceptors (Lipinski definition) is 3. The molecule has 1 aliphatic heterocycles. The van der Waals surface area contributed by atoms with Crippen LogP contribution in [0.3, 0.4) is 0 Å². The van der Waals surface area contributed by atoms with E-state index >= 15 is 0 Å². The molecule has 6 heteroatoms. The van der Waals surface area contributed by atoms with Gasteiger partial charge in [0, 0.05) is 25.7 Å². The van der Waals surface area contributed by atoms with E-state index in [1.54, 1.807) is 0 Å². The van der Waals surface area contributed by atoms with Gasteiger partial charge in [0.05, 0.1) is 23.3 Å². The minimum atomic E-state index is 0.104. The fourth-order valence-corrected chi connectivity index (χ4v) is 4.73. The Kier molecular flexibility index (Phi) is 5.41. The number of aromatic nitrogens is 2. The molecule has 6 nitrogen and oxygen atoms in total. The van der Waals surface area contributed by atoms with E-state index in [0.717, 1.165) is 53.9 Å². The van der Waals surface area contributed by atoms with E-state index in [2.05, 4.69) is 55.7 Å². The molecule has 32 heavy (non-hydrogen) atoms. The zero-order valence-corrected chi connectivity index (χ0v) is 19.3. The predicted molar refractivity (Wildman–Crippen MR) is 128 cm³/mol. The smallest absolute Gasteiger partial charge is 0.325 e. The van der Waals surface area contributed by atoms with Crippen LogP contribution in [0.1, 0.15) is 55.6 Å². The first-order valence-corrected chi connectivity index (χ1v) is 11.8. The third-order valence-corrected chi connectivity index (χ3v) is 6.82. The van der Waals surface area contributed by atoms with Crippen LogP contribution in [-0.2, 0) is 26.2 Å². The molecule has 0 unspecified atom stereocenters. The van der Waals surface area contributed by atoms with E-state index in [4.69, 9.17) is 10.7 Å². The van der Waals surface area contributed by atoms with Gasteiger partial charge in [-0.1, -0.05) is 32.0 Å². The Hall–Kier alpha value is -2.86. The van der Waals surface area contributed by atoms with Crippen LogP contribution in [0.2, 0.25) is 0 Å². The van der Waals surface area contributed by atoms with E-state index in [0.29, 0.717) is 31.6 Å². The van der Waals surface area contributed by atoms with Gasteiger partial charge in [-0.25, -0.2) is 9.78 Å². The van der Waals surface area contributed by atoms with Crippen LogP contribution in [0.25, 0.3) is 11.0 Å². The number of amides is 2. The van der Waals surface area contributed by atoms with Gasteiger partial charge in [-0.3, -0.25) is 4.90 Å². The van der Waals surface area contributed by atoms with E-state index in [9.17, 15) is 4.79 Å². The van der Waals surface area contributed by atoms with Gasteiger partial charge in [-0.2, -0.15) is 0 Å². The average Bonchev–Trinajstić information content (AvgIpc) is 3.56. The van der Waals surface area contributed by atoms with E-state index in [1.165, 1.54) is 11.1 Å². The van der Waals surface area contributed by atoms with Crippen molar-refractivity contribution in [2.24, 2.45) is 11.7 Å². The second-order valence-electron chi connectivity index (χ2n) is 9.69. The highest BCUT2D eigenvalue weighted by molar-refractivity contribution is 5.95. The average molecular weight is 432 g/mol. The van der Waals surface area contributed by atoms with Crippen molar-refractivity contribution in [1.29, 1.82) is 0 Å². The summed E-state index contributed by atoms with van der Waals surface area (Å²) in [4.78, 5) is 22.5. The molecule has 2 heterocycles. The number of carbonyl (C=O) groups excluding carboxylic acids is 1. The molecule has 0 bridgehead atoms. The maximum absolute atomic E-state index is 13.5. The Balaban J connectivity index is 1.57. The summed E-state index contributed by atoms with van der Waals surface area (Å²) in [6.45, 7) is 9.18. The van der Waals surface area contributed by atoms with Gasteiger partial charge < -0.3 is 15.2 Å². The van der Waals surface area contributed by atoms with Crippen molar-refractivity contribution in [2.45, 2.75) is 72.3 Å². The molecule has 2 aromatic carbocycles. The van der Waals surface area contributed by atoms with Crippen LogP contribution in [0.15, 0.2) is 36.4 Å². The Labute approximate surface area is 190 Å². The SMILES string of the molecule is Cc1cc2c(cc1CN)nc(CN1C(=O)N(C3CC3)Cc3ccccc31)n2CCC(C)C. The van der Waals surface area contributed by atoms with Crippen LogP contribution in [0, 0.1) is 12.8 Å². The number of anilines is 1. The molecule has 0 spiro atoms.